The molecule has 5 rings (SSSR count). The highest BCUT2D eigenvalue weighted by molar-refractivity contribution is 7.99. The smallest absolute Gasteiger partial charge is 0.344 e. The van der Waals surface area contributed by atoms with Gasteiger partial charge in [0.1, 0.15) is 11.4 Å². The van der Waals surface area contributed by atoms with Gasteiger partial charge in [0.15, 0.2) is 35.4 Å². The molecular weight excluding hydrogens is 640 g/mol. The Balaban J connectivity index is 1.42. The molecule has 0 bridgehead atoms. The standard InChI is InChI=1S/C37H43F2NO7S/c1-5-43-29-13-11-24(18-30(29)44-6-2)17-28-26-20-32(46-8-4)31(45-7-3)19-25(26)15-16-40(28)34(41)21-47-37(42)35-27(38)12-14-33(36(35)39)48-22-23-9-10-23/h11-14,18-20,23,28H,5-10,15-17,21-22H2,1-4H3. The number of carbonyl (C=O) groups excluding carboxylic acids is 2. The number of benzene rings is 3. The van der Waals surface area contributed by atoms with Crippen LogP contribution in [0.3, 0.4) is 0 Å². The van der Waals surface area contributed by atoms with E-state index in [0.717, 1.165) is 35.6 Å². The van der Waals surface area contributed by atoms with Crippen LogP contribution in [0, 0.1) is 17.6 Å². The van der Waals surface area contributed by atoms with Crippen LogP contribution < -0.4 is 18.9 Å². The quantitative estimate of drug-likeness (QED) is 0.113. The Morgan fingerprint density at radius 2 is 1.48 bits per heavy atom. The van der Waals surface area contributed by atoms with Crippen molar-refractivity contribution in [1.82, 2.24) is 4.90 Å². The van der Waals surface area contributed by atoms with Crippen molar-refractivity contribution in [1.29, 1.82) is 0 Å². The number of halogens is 2. The molecule has 0 radical (unpaired) electrons. The summed E-state index contributed by atoms with van der Waals surface area (Å²) >= 11 is 1.26. The van der Waals surface area contributed by atoms with Gasteiger partial charge in [0.2, 0.25) is 0 Å². The molecule has 48 heavy (non-hydrogen) atoms. The van der Waals surface area contributed by atoms with E-state index in [1.165, 1.54) is 17.8 Å². The van der Waals surface area contributed by atoms with Gasteiger partial charge in [-0.1, -0.05) is 6.07 Å². The number of hydrogen-bond acceptors (Lipinski definition) is 8. The summed E-state index contributed by atoms with van der Waals surface area (Å²) in [5, 5.41) is 0. The first kappa shape index (κ1) is 35.3. The minimum absolute atomic E-state index is 0.188. The molecule has 0 aromatic heterocycles. The zero-order valence-corrected chi connectivity index (χ0v) is 28.8. The van der Waals surface area contributed by atoms with Gasteiger partial charge >= 0.3 is 5.97 Å². The van der Waals surface area contributed by atoms with Crippen molar-refractivity contribution in [2.75, 3.05) is 45.3 Å². The molecule has 0 spiro atoms. The average molecular weight is 684 g/mol. The molecule has 1 heterocycles. The highest BCUT2D eigenvalue weighted by Crippen LogP contribution is 2.41. The van der Waals surface area contributed by atoms with Crippen LogP contribution in [0.15, 0.2) is 47.4 Å². The average Bonchev–Trinajstić information content (AvgIpc) is 3.90. The summed E-state index contributed by atoms with van der Waals surface area (Å²) in [6.07, 6.45) is 3.10. The van der Waals surface area contributed by atoms with E-state index in [1.54, 1.807) is 4.90 Å². The number of rotatable bonds is 16. The zero-order chi connectivity index (χ0) is 34.2. The molecule has 8 nitrogen and oxygen atoms in total. The Morgan fingerprint density at radius 1 is 0.833 bits per heavy atom. The number of carbonyl (C=O) groups is 2. The maximum atomic E-state index is 15.3. The predicted molar refractivity (Wildman–Crippen MR) is 180 cm³/mol. The Labute approximate surface area is 285 Å². The number of fused-ring (bicyclic) bond motifs is 1. The van der Waals surface area contributed by atoms with Crippen LogP contribution in [-0.4, -0.2) is 62.1 Å². The molecule has 1 fully saturated rings. The highest BCUT2D eigenvalue weighted by atomic mass is 32.2. The van der Waals surface area contributed by atoms with E-state index < -0.39 is 41.7 Å². The van der Waals surface area contributed by atoms with Crippen molar-refractivity contribution in [3.8, 4) is 23.0 Å². The third-order valence-electron chi connectivity index (χ3n) is 8.28. The Kier molecular flexibility index (Phi) is 12.1. The van der Waals surface area contributed by atoms with Gasteiger partial charge in [0.25, 0.3) is 5.91 Å². The maximum Gasteiger partial charge on any atom is 0.344 e. The number of thioether (sulfide) groups is 1. The maximum absolute atomic E-state index is 15.3. The SMILES string of the molecule is CCOc1ccc(CC2c3cc(OCC)c(OCC)cc3CCN2C(=O)COC(=O)c2c(F)ccc(SCC3CC3)c2F)cc1OCC. The van der Waals surface area contributed by atoms with Gasteiger partial charge in [-0.05, 0) is 112 Å². The Bertz CT molecular complexity index is 1610. The van der Waals surface area contributed by atoms with Gasteiger partial charge in [0.05, 0.1) is 32.5 Å². The van der Waals surface area contributed by atoms with Crippen LogP contribution in [0.4, 0.5) is 8.78 Å². The Morgan fingerprint density at radius 3 is 2.15 bits per heavy atom. The van der Waals surface area contributed by atoms with Gasteiger partial charge in [-0.2, -0.15) is 0 Å². The largest absolute Gasteiger partial charge is 0.490 e. The van der Waals surface area contributed by atoms with Gasteiger partial charge < -0.3 is 28.6 Å². The molecule has 0 saturated heterocycles. The van der Waals surface area contributed by atoms with Crippen LogP contribution in [0.1, 0.15) is 73.6 Å². The van der Waals surface area contributed by atoms with Crippen LogP contribution in [0.25, 0.3) is 0 Å². The predicted octanol–water partition coefficient (Wildman–Crippen LogP) is 7.59. The van der Waals surface area contributed by atoms with Gasteiger partial charge in [0, 0.05) is 17.2 Å². The van der Waals surface area contributed by atoms with Crippen LogP contribution in [0.5, 0.6) is 23.0 Å². The number of ether oxygens (including phenoxy) is 5. The van der Waals surface area contributed by atoms with Crippen LogP contribution >= 0.6 is 11.8 Å². The minimum Gasteiger partial charge on any atom is -0.490 e. The molecule has 258 valence electrons. The summed E-state index contributed by atoms with van der Waals surface area (Å²) in [7, 11) is 0. The van der Waals surface area contributed by atoms with E-state index >= 15 is 4.39 Å². The molecule has 3 aromatic carbocycles. The first-order valence-electron chi connectivity index (χ1n) is 16.7. The van der Waals surface area contributed by atoms with E-state index in [9.17, 15) is 14.0 Å². The first-order chi connectivity index (χ1) is 23.3. The molecule has 0 N–H and O–H groups in total. The van der Waals surface area contributed by atoms with E-state index in [2.05, 4.69) is 0 Å². The van der Waals surface area contributed by atoms with Crippen molar-refractivity contribution in [3.63, 3.8) is 0 Å². The third kappa shape index (κ3) is 8.35. The lowest BCUT2D eigenvalue weighted by Crippen LogP contribution is -2.43. The van der Waals surface area contributed by atoms with Crippen molar-refractivity contribution in [2.45, 2.75) is 64.3 Å². The van der Waals surface area contributed by atoms with Crippen molar-refractivity contribution < 1.29 is 42.1 Å². The summed E-state index contributed by atoms with van der Waals surface area (Å²) < 4.78 is 58.7. The molecule has 3 aromatic rings. The molecular formula is C37H43F2NO7S. The molecule has 1 aliphatic heterocycles. The summed E-state index contributed by atoms with van der Waals surface area (Å²) in [5.41, 5.74) is 1.99. The van der Waals surface area contributed by atoms with Crippen molar-refractivity contribution in [3.05, 3.63) is 76.4 Å². The number of nitrogens with zero attached hydrogens (tertiary/aromatic N) is 1. The van der Waals surface area contributed by atoms with Gasteiger partial charge in [-0.15, -0.1) is 11.8 Å². The summed E-state index contributed by atoms with van der Waals surface area (Å²) in [4.78, 5) is 28.7. The van der Waals surface area contributed by atoms with E-state index in [-0.39, 0.29) is 4.90 Å². The molecule has 1 saturated carbocycles. The second kappa shape index (κ2) is 16.4. The zero-order valence-electron chi connectivity index (χ0n) is 27.9. The molecule has 1 atom stereocenters. The first-order valence-corrected chi connectivity index (χ1v) is 17.6. The van der Waals surface area contributed by atoms with Crippen LogP contribution in [0.2, 0.25) is 0 Å². The number of hydrogen-bond donors (Lipinski definition) is 0. The third-order valence-corrected chi connectivity index (χ3v) is 9.54. The fraction of sp³-hybridized carbons (Fsp3) is 0.459. The number of esters is 1. The molecule has 1 amide bonds. The second-order valence-corrected chi connectivity index (χ2v) is 12.7. The van der Waals surface area contributed by atoms with E-state index in [1.807, 2.05) is 58.0 Å². The lowest BCUT2D eigenvalue weighted by atomic mass is 9.88. The monoisotopic (exact) mass is 683 g/mol. The number of amides is 1. The topological polar surface area (TPSA) is 83.5 Å². The highest BCUT2D eigenvalue weighted by Gasteiger charge is 2.34. The summed E-state index contributed by atoms with van der Waals surface area (Å²) in [6.45, 7) is 9.07. The minimum atomic E-state index is -1.21. The van der Waals surface area contributed by atoms with E-state index in [4.69, 9.17) is 23.7 Å². The summed E-state index contributed by atoms with van der Waals surface area (Å²) in [5.74, 6) is -0.0520. The van der Waals surface area contributed by atoms with E-state index in [0.29, 0.717) is 80.5 Å². The lowest BCUT2D eigenvalue weighted by molar-refractivity contribution is -0.137. The normalized spacial score (nSPS) is 15.5. The molecule has 1 aliphatic carbocycles. The second-order valence-electron chi connectivity index (χ2n) is 11.6. The van der Waals surface area contributed by atoms with Crippen molar-refractivity contribution in [2.24, 2.45) is 5.92 Å². The summed E-state index contributed by atoms with van der Waals surface area (Å²) in [6, 6.07) is 11.5. The van der Waals surface area contributed by atoms with Gasteiger partial charge in [-0.25, -0.2) is 13.6 Å². The van der Waals surface area contributed by atoms with Crippen molar-refractivity contribution >= 4 is 23.6 Å². The lowest BCUT2D eigenvalue weighted by Gasteiger charge is -2.38. The molecule has 1 unspecified atom stereocenters. The fourth-order valence-electron chi connectivity index (χ4n) is 5.82. The Hall–Kier alpha value is -3.99. The van der Waals surface area contributed by atoms with Crippen LogP contribution in [-0.2, 0) is 22.4 Å². The fourth-order valence-corrected chi connectivity index (χ4v) is 6.96. The molecule has 11 heteroatoms. The molecule has 2 aliphatic rings. The van der Waals surface area contributed by atoms with Gasteiger partial charge in [-0.3, -0.25) is 4.79 Å².